The molecule has 0 aliphatic carbocycles. The van der Waals surface area contributed by atoms with Gasteiger partial charge in [-0.05, 0) is 25.1 Å². The van der Waals surface area contributed by atoms with E-state index in [2.05, 4.69) is 4.98 Å². The van der Waals surface area contributed by atoms with E-state index in [-0.39, 0.29) is 17.3 Å². The van der Waals surface area contributed by atoms with Gasteiger partial charge in [0.2, 0.25) is 5.89 Å². The van der Waals surface area contributed by atoms with E-state index in [4.69, 9.17) is 16.0 Å². The van der Waals surface area contributed by atoms with Crippen LogP contribution in [0.5, 0.6) is 0 Å². The summed E-state index contributed by atoms with van der Waals surface area (Å²) in [7, 11) is 0. The standard InChI is InChI=1S/C11H8ClF2NO/c1-6-10(5-12)15-11(16-6)8-4-7(13)2-3-9(8)14/h2-4H,5H2,1H3. The summed E-state index contributed by atoms with van der Waals surface area (Å²) in [5.74, 6) is -0.394. The van der Waals surface area contributed by atoms with E-state index in [1.165, 1.54) is 0 Å². The second kappa shape index (κ2) is 4.22. The largest absolute Gasteiger partial charge is 0.441 e. The molecule has 0 bridgehead atoms. The molecule has 2 rings (SSSR count). The Morgan fingerprint density at radius 2 is 2.12 bits per heavy atom. The number of rotatable bonds is 2. The molecule has 16 heavy (non-hydrogen) atoms. The summed E-state index contributed by atoms with van der Waals surface area (Å²) in [6, 6.07) is 3.11. The maximum Gasteiger partial charge on any atom is 0.229 e. The quantitative estimate of drug-likeness (QED) is 0.753. The van der Waals surface area contributed by atoms with E-state index in [1.54, 1.807) is 6.92 Å². The zero-order valence-corrected chi connectivity index (χ0v) is 9.18. The van der Waals surface area contributed by atoms with Crippen molar-refractivity contribution in [3.05, 3.63) is 41.3 Å². The number of benzene rings is 1. The van der Waals surface area contributed by atoms with E-state index >= 15 is 0 Å². The molecule has 5 heteroatoms. The van der Waals surface area contributed by atoms with Crippen LogP contribution in [-0.4, -0.2) is 4.98 Å². The van der Waals surface area contributed by atoms with Crippen LogP contribution < -0.4 is 0 Å². The third kappa shape index (κ3) is 1.93. The smallest absolute Gasteiger partial charge is 0.229 e. The lowest BCUT2D eigenvalue weighted by Crippen LogP contribution is -1.87. The first-order valence-corrected chi connectivity index (χ1v) is 5.13. The summed E-state index contributed by atoms with van der Waals surface area (Å²) in [5, 5.41) is 0. The van der Waals surface area contributed by atoms with Crippen LogP contribution in [-0.2, 0) is 5.88 Å². The number of alkyl halides is 1. The first-order valence-electron chi connectivity index (χ1n) is 4.59. The van der Waals surface area contributed by atoms with E-state index in [0.717, 1.165) is 18.2 Å². The molecular formula is C11H8ClF2NO. The fourth-order valence-electron chi connectivity index (χ4n) is 1.33. The molecule has 84 valence electrons. The van der Waals surface area contributed by atoms with Crippen molar-refractivity contribution in [3.63, 3.8) is 0 Å². The summed E-state index contributed by atoms with van der Waals surface area (Å²) in [5.41, 5.74) is 0.528. The molecule has 0 spiro atoms. The number of aryl methyl sites for hydroxylation is 1. The second-order valence-corrected chi connectivity index (χ2v) is 3.55. The van der Waals surface area contributed by atoms with Crippen molar-refractivity contribution in [2.75, 3.05) is 0 Å². The monoisotopic (exact) mass is 243 g/mol. The van der Waals surface area contributed by atoms with Crippen molar-refractivity contribution in [2.45, 2.75) is 12.8 Å². The van der Waals surface area contributed by atoms with E-state index in [1.807, 2.05) is 0 Å². The third-order valence-corrected chi connectivity index (χ3v) is 2.43. The Kier molecular flexibility index (Phi) is 2.92. The van der Waals surface area contributed by atoms with Crippen LogP contribution >= 0.6 is 11.6 Å². The average Bonchev–Trinajstić information content (AvgIpc) is 2.63. The molecule has 0 atom stereocenters. The molecule has 0 fully saturated rings. The number of hydrogen-bond donors (Lipinski definition) is 0. The van der Waals surface area contributed by atoms with Gasteiger partial charge in [-0.1, -0.05) is 0 Å². The number of hydrogen-bond acceptors (Lipinski definition) is 2. The lowest BCUT2D eigenvalue weighted by Gasteiger charge is -1.97. The lowest BCUT2D eigenvalue weighted by atomic mass is 10.2. The molecule has 1 aromatic carbocycles. The fourth-order valence-corrected chi connectivity index (χ4v) is 1.58. The van der Waals surface area contributed by atoms with Crippen LogP contribution in [0.25, 0.3) is 11.5 Å². The van der Waals surface area contributed by atoms with Gasteiger partial charge in [-0.3, -0.25) is 0 Å². The lowest BCUT2D eigenvalue weighted by molar-refractivity contribution is 0.530. The van der Waals surface area contributed by atoms with Crippen molar-refractivity contribution in [3.8, 4) is 11.5 Å². The van der Waals surface area contributed by atoms with Gasteiger partial charge in [0, 0.05) is 0 Å². The van der Waals surface area contributed by atoms with Crippen LogP contribution in [0.15, 0.2) is 22.6 Å². The zero-order chi connectivity index (χ0) is 11.7. The van der Waals surface area contributed by atoms with Crippen LogP contribution in [0.1, 0.15) is 11.5 Å². The third-order valence-electron chi connectivity index (χ3n) is 2.18. The zero-order valence-electron chi connectivity index (χ0n) is 8.43. The highest BCUT2D eigenvalue weighted by atomic mass is 35.5. The molecule has 0 aliphatic heterocycles. The second-order valence-electron chi connectivity index (χ2n) is 3.28. The molecule has 0 saturated carbocycles. The van der Waals surface area contributed by atoms with E-state index < -0.39 is 11.6 Å². The van der Waals surface area contributed by atoms with Crippen LogP contribution in [0.4, 0.5) is 8.78 Å². The number of nitrogens with zero attached hydrogens (tertiary/aromatic N) is 1. The van der Waals surface area contributed by atoms with Crippen molar-refractivity contribution in [1.82, 2.24) is 4.98 Å². The Labute approximate surface area is 95.9 Å². The topological polar surface area (TPSA) is 26.0 Å². The summed E-state index contributed by atoms with van der Waals surface area (Å²) >= 11 is 5.61. The molecule has 2 nitrogen and oxygen atoms in total. The van der Waals surface area contributed by atoms with Gasteiger partial charge in [-0.25, -0.2) is 13.8 Å². The predicted octanol–water partition coefficient (Wildman–Crippen LogP) is 3.67. The van der Waals surface area contributed by atoms with Gasteiger partial charge in [0.1, 0.15) is 17.4 Å². The van der Waals surface area contributed by atoms with Gasteiger partial charge in [0.15, 0.2) is 0 Å². The normalized spacial score (nSPS) is 10.8. The van der Waals surface area contributed by atoms with Crippen LogP contribution in [0, 0.1) is 18.6 Å². The Hall–Kier alpha value is -1.42. The highest BCUT2D eigenvalue weighted by Gasteiger charge is 2.14. The number of oxazole rings is 1. The van der Waals surface area contributed by atoms with E-state index in [9.17, 15) is 8.78 Å². The molecule has 2 aromatic rings. The summed E-state index contributed by atoms with van der Waals surface area (Å²) in [6.07, 6.45) is 0. The predicted molar refractivity (Wildman–Crippen MR) is 56.1 cm³/mol. The van der Waals surface area contributed by atoms with Crippen LogP contribution in [0.2, 0.25) is 0 Å². The minimum atomic E-state index is -0.580. The molecule has 0 saturated heterocycles. The van der Waals surface area contributed by atoms with Crippen molar-refractivity contribution >= 4 is 11.6 Å². The van der Waals surface area contributed by atoms with Gasteiger partial charge >= 0.3 is 0 Å². The first-order chi connectivity index (χ1) is 7.61. The molecule has 0 N–H and O–H groups in total. The minimum Gasteiger partial charge on any atom is -0.441 e. The highest BCUT2D eigenvalue weighted by Crippen LogP contribution is 2.25. The van der Waals surface area contributed by atoms with Crippen molar-refractivity contribution in [2.24, 2.45) is 0 Å². The Balaban J connectivity index is 2.53. The Bertz CT molecular complexity index is 525. The molecular weight excluding hydrogens is 236 g/mol. The van der Waals surface area contributed by atoms with Gasteiger partial charge in [-0.2, -0.15) is 0 Å². The first kappa shape index (κ1) is 11.1. The average molecular weight is 244 g/mol. The summed E-state index contributed by atoms with van der Waals surface area (Å²) in [6.45, 7) is 1.67. The number of aromatic nitrogens is 1. The Morgan fingerprint density at radius 1 is 1.38 bits per heavy atom. The van der Waals surface area contributed by atoms with Crippen molar-refractivity contribution < 1.29 is 13.2 Å². The molecule has 0 unspecified atom stereocenters. The van der Waals surface area contributed by atoms with Crippen molar-refractivity contribution in [1.29, 1.82) is 0 Å². The Morgan fingerprint density at radius 3 is 2.75 bits per heavy atom. The number of halogens is 3. The van der Waals surface area contributed by atoms with Gasteiger partial charge in [0.25, 0.3) is 0 Å². The maximum atomic E-state index is 13.4. The highest BCUT2D eigenvalue weighted by molar-refractivity contribution is 6.16. The fraction of sp³-hybridized carbons (Fsp3) is 0.182. The van der Waals surface area contributed by atoms with Crippen LogP contribution in [0.3, 0.4) is 0 Å². The molecule has 1 heterocycles. The molecule has 0 radical (unpaired) electrons. The van der Waals surface area contributed by atoms with Gasteiger partial charge in [-0.15, -0.1) is 11.6 Å². The molecule has 0 aliphatic rings. The van der Waals surface area contributed by atoms with Gasteiger partial charge in [0.05, 0.1) is 17.1 Å². The molecule has 1 aromatic heterocycles. The minimum absolute atomic E-state index is 0.000494. The molecule has 0 amide bonds. The van der Waals surface area contributed by atoms with E-state index in [0.29, 0.717) is 11.5 Å². The maximum absolute atomic E-state index is 13.4. The van der Waals surface area contributed by atoms with Gasteiger partial charge < -0.3 is 4.42 Å². The SMILES string of the molecule is Cc1oc(-c2cc(F)ccc2F)nc1CCl. The summed E-state index contributed by atoms with van der Waals surface area (Å²) < 4.78 is 31.6. The summed E-state index contributed by atoms with van der Waals surface area (Å²) in [4.78, 5) is 4.00.